The smallest absolute Gasteiger partial charge is 0.264 e. The standard InChI is InChI=1S/C30H36ClN3O4S/c1-5-6-17-32-30(36)24(4)33(20-25-11-10-12-26(31)19-25)29(35)21-34(27-16-15-22(2)23(3)18-27)39(37,38)28-13-8-7-9-14-28/h7-16,18-19,24H,5-6,17,20-21H2,1-4H3,(H,32,36)/t24-/m1/s1. The van der Waals surface area contributed by atoms with Crippen LogP contribution in [0.1, 0.15) is 43.4 Å². The van der Waals surface area contributed by atoms with Crippen LogP contribution >= 0.6 is 11.6 Å². The lowest BCUT2D eigenvalue weighted by atomic mass is 10.1. The molecule has 1 N–H and O–H groups in total. The van der Waals surface area contributed by atoms with Crippen molar-refractivity contribution in [1.82, 2.24) is 10.2 Å². The first-order valence-electron chi connectivity index (χ1n) is 13.0. The number of carbonyl (C=O) groups excluding carboxylic acids is 2. The highest BCUT2D eigenvalue weighted by molar-refractivity contribution is 7.92. The minimum absolute atomic E-state index is 0.0720. The maximum absolute atomic E-state index is 13.9. The first kappa shape index (κ1) is 30.2. The van der Waals surface area contributed by atoms with Crippen LogP contribution in [0.25, 0.3) is 0 Å². The Hall–Kier alpha value is -3.36. The number of rotatable bonds is 12. The van der Waals surface area contributed by atoms with Crippen molar-refractivity contribution in [1.29, 1.82) is 0 Å². The van der Waals surface area contributed by atoms with Gasteiger partial charge in [0.2, 0.25) is 11.8 Å². The number of amides is 2. The van der Waals surface area contributed by atoms with Crippen LogP contribution < -0.4 is 9.62 Å². The lowest BCUT2D eigenvalue weighted by Gasteiger charge is -2.32. The topological polar surface area (TPSA) is 86.8 Å². The van der Waals surface area contributed by atoms with Gasteiger partial charge in [-0.2, -0.15) is 0 Å². The van der Waals surface area contributed by atoms with Crippen molar-refractivity contribution >= 4 is 39.1 Å². The quantitative estimate of drug-likeness (QED) is 0.292. The van der Waals surface area contributed by atoms with E-state index in [0.29, 0.717) is 17.3 Å². The maximum Gasteiger partial charge on any atom is 0.264 e. The molecule has 39 heavy (non-hydrogen) atoms. The van der Waals surface area contributed by atoms with Gasteiger partial charge in [0, 0.05) is 18.1 Å². The van der Waals surface area contributed by atoms with Gasteiger partial charge >= 0.3 is 0 Å². The number of halogens is 1. The average Bonchev–Trinajstić information content (AvgIpc) is 2.92. The monoisotopic (exact) mass is 569 g/mol. The number of aryl methyl sites for hydroxylation is 2. The van der Waals surface area contributed by atoms with Crippen LogP contribution in [-0.2, 0) is 26.2 Å². The molecule has 3 aromatic carbocycles. The fourth-order valence-corrected chi connectivity index (χ4v) is 5.72. The van der Waals surface area contributed by atoms with Crippen molar-refractivity contribution in [2.75, 3.05) is 17.4 Å². The Morgan fingerprint density at radius 1 is 0.949 bits per heavy atom. The maximum atomic E-state index is 13.9. The Labute approximate surface area is 236 Å². The predicted molar refractivity (Wildman–Crippen MR) is 156 cm³/mol. The third kappa shape index (κ3) is 7.83. The molecular formula is C30H36ClN3O4S. The van der Waals surface area contributed by atoms with E-state index >= 15 is 0 Å². The number of benzene rings is 3. The molecule has 208 valence electrons. The molecule has 0 aliphatic carbocycles. The van der Waals surface area contributed by atoms with Crippen LogP contribution in [0.15, 0.2) is 77.7 Å². The number of carbonyl (C=O) groups is 2. The van der Waals surface area contributed by atoms with Crippen LogP contribution in [0.2, 0.25) is 5.02 Å². The number of hydrogen-bond donors (Lipinski definition) is 1. The number of unbranched alkanes of at least 4 members (excludes halogenated alkanes) is 1. The van der Waals surface area contributed by atoms with Crippen LogP contribution in [-0.4, -0.2) is 44.3 Å². The largest absolute Gasteiger partial charge is 0.354 e. The zero-order chi connectivity index (χ0) is 28.6. The van der Waals surface area contributed by atoms with Gasteiger partial charge < -0.3 is 10.2 Å². The Morgan fingerprint density at radius 3 is 2.31 bits per heavy atom. The molecule has 0 aliphatic rings. The summed E-state index contributed by atoms with van der Waals surface area (Å²) in [5, 5.41) is 3.38. The second-order valence-electron chi connectivity index (χ2n) is 9.57. The van der Waals surface area contributed by atoms with E-state index < -0.39 is 28.5 Å². The first-order chi connectivity index (χ1) is 18.5. The number of hydrogen-bond acceptors (Lipinski definition) is 4. The molecule has 0 bridgehead atoms. The molecule has 0 radical (unpaired) electrons. The minimum atomic E-state index is -4.09. The number of anilines is 1. The summed E-state index contributed by atoms with van der Waals surface area (Å²) in [5.74, 6) is -0.812. The Balaban J connectivity index is 2.01. The average molecular weight is 570 g/mol. The Morgan fingerprint density at radius 2 is 1.67 bits per heavy atom. The molecule has 3 aromatic rings. The summed E-state index contributed by atoms with van der Waals surface area (Å²) in [6.45, 7) is 7.61. The third-order valence-corrected chi connectivity index (χ3v) is 8.65. The Bertz CT molecular complexity index is 1400. The molecule has 9 heteroatoms. The van der Waals surface area contributed by atoms with Crippen molar-refractivity contribution < 1.29 is 18.0 Å². The predicted octanol–water partition coefficient (Wildman–Crippen LogP) is 5.49. The molecule has 7 nitrogen and oxygen atoms in total. The SMILES string of the molecule is CCCCNC(=O)[C@@H](C)N(Cc1cccc(Cl)c1)C(=O)CN(c1ccc(C)c(C)c1)S(=O)(=O)c1ccccc1. The summed E-state index contributed by atoms with van der Waals surface area (Å²) < 4.78 is 28.8. The van der Waals surface area contributed by atoms with E-state index in [0.717, 1.165) is 33.8 Å². The molecule has 1 atom stereocenters. The van der Waals surface area contributed by atoms with Gasteiger partial charge in [-0.1, -0.05) is 61.3 Å². The van der Waals surface area contributed by atoms with E-state index in [4.69, 9.17) is 11.6 Å². The van der Waals surface area contributed by atoms with E-state index in [1.165, 1.54) is 17.0 Å². The van der Waals surface area contributed by atoms with Crippen molar-refractivity contribution in [2.45, 2.75) is 58.0 Å². The third-order valence-electron chi connectivity index (χ3n) is 6.63. The number of nitrogens with zero attached hydrogens (tertiary/aromatic N) is 2. The van der Waals surface area contributed by atoms with Crippen molar-refractivity contribution in [3.63, 3.8) is 0 Å². The number of sulfonamides is 1. The van der Waals surface area contributed by atoms with Crippen LogP contribution in [0.5, 0.6) is 0 Å². The van der Waals surface area contributed by atoms with E-state index in [9.17, 15) is 18.0 Å². The first-order valence-corrected chi connectivity index (χ1v) is 14.8. The zero-order valence-electron chi connectivity index (χ0n) is 22.9. The van der Waals surface area contributed by atoms with Gasteiger partial charge in [-0.15, -0.1) is 0 Å². The molecule has 2 amide bonds. The summed E-state index contributed by atoms with van der Waals surface area (Å²) in [4.78, 5) is 28.4. The fourth-order valence-electron chi connectivity index (χ4n) is 4.08. The van der Waals surface area contributed by atoms with Gasteiger partial charge in [0.15, 0.2) is 0 Å². The summed E-state index contributed by atoms with van der Waals surface area (Å²) >= 11 is 6.18. The summed E-state index contributed by atoms with van der Waals surface area (Å²) in [6, 6.07) is 19.5. The fraction of sp³-hybridized carbons (Fsp3) is 0.333. The van der Waals surface area contributed by atoms with E-state index in [2.05, 4.69) is 5.32 Å². The molecule has 0 aliphatic heterocycles. The molecule has 0 spiro atoms. The van der Waals surface area contributed by atoms with E-state index in [1.807, 2.05) is 32.9 Å². The normalized spacial score (nSPS) is 12.0. The highest BCUT2D eigenvalue weighted by Gasteiger charge is 2.32. The van der Waals surface area contributed by atoms with E-state index in [-0.39, 0.29) is 17.3 Å². The molecule has 0 saturated carbocycles. The molecule has 0 aromatic heterocycles. The lowest BCUT2D eigenvalue weighted by molar-refractivity contribution is -0.139. The van der Waals surface area contributed by atoms with Gasteiger partial charge in [-0.3, -0.25) is 13.9 Å². The summed E-state index contributed by atoms with van der Waals surface area (Å²) in [6.07, 6.45) is 1.73. The molecule has 0 unspecified atom stereocenters. The van der Waals surface area contributed by atoms with Crippen molar-refractivity contribution in [3.8, 4) is 0 Å². The Kier molecular flexibility index (Phi) is 10.5. The van der Waals surface area contributed by atoms with Gasteiger partial charge in [-0.25, -0.2) is 8.42 Å². The van der Waals surface area contributed by atoms with Gasteiger partial charge in [0.05, 0.1) is 10.6 Å². The van der Waals surface area contributed by atoms with Crippen LogP contribution in [0.4, 0.5) is 5.69 Å². The highest BCUT2D eigenvalue weighted by atomic mass is 35.5. The second-order valence-corrected chi connectivity index (χ2v) is 11.9. The second kappa shape index (κ2) is 13.6. The van der Waals surface area contributed by atoms with Crippen molar-refractivity contribution in [3.05, 3.63) is 94.5 Å². The lowest BCUT2D eigenvalue weighted by Crippen LogP contribution is -2.51. The summed E-state index contributed by atoms with van der Waals surface area (Å²) in [5.41, 5.74) is 3.00. The number of nitrogens with one attached hydrogen (secondary N) is 1. The van der Waals surface area contributed by atoms with Gasteiger partial charge in [0.1, 0.15) is 12.6 Å². The molecule has 3 rings (SSSR count). The van der Waals surface area contributed by atoms with Gasteiger partial charge in [0.25, 0.3) is 10.0 Å². The van der Waals surface area contributed by atoms with Crippen LogP contribution in [0.3, 0.4) is 0 Å². The van der Waals surface area contributed by atoms with E-state index in [1.54, 1.807) is 55.5 Å². The molecular weight excluding hydrogens is 534 g/mol. The highest BCUT2D eigenvalue weighted by Crippen LogP contribution is 2.26. The minimum Gasteiger partial charge on any atom is -0.354 e. The van der Waals surface area contributed by atoms with Crippen LogP contribution in [0, 0.1) is 13.8 Å². The molecule has 0 fully saturated rings. The molecule has 0 saturated heterocycles. The zero-order valence-corrected chi connectivity index (χ0v) is 24.4. The summed E-state index contributed by atoms with van der Waals surface area (Å²) in [7, 11) is -4.09. The van der Waals surface area contributed by atoms with Gasteiger partial charge in [-0.05, 0) is 80.3 Å². The molecule has 0 heterocycles. The van der Waals surface area contributed by atoms with Crippen molar-refractivity contribution in [2.24, 2.45) is 0 Å².